The fourth-order valence-electron chi connectivity index (χ4n) is 1.57. The number of halogens is 3. The van der Waals surface area contributed by atoms with E-state index < -0.39 is 0 Å². The predicted octanol–water partition coefficient (Wildman–Crippen LogP) is 0.981. The van der Waals surface area contributed by atoms with Gasteiger partial charge in [-0.2, -0.15) is 0 Å². The summed E-state index contributed by atoms with van der Waals surface area (Å²) in [6.07, 6.45) is 3.83. The van der Waals surface area contributed by atoms with Gasteiger partial charge in [0.05, 0.1) is 0 Å². The minimum absolute atomic E-state index is 0. The molecule has 0 radical (unpaired) electrons. The van der Waals surface area contributed by atoms with Crippen molar-refractivity contribution in [3.63, 3.8) is 0 Å². The summed E-state index contributed by atoms with van der Waals surface area (Å²) in [4.78, 5) is 2.27. The lowest BCUT2D eigenvalue weighted by Crippen LogP contribution is -2.46. The van der Waals surface area contributed by atoms with E-state index in [0.717, 1.165) is 13.1 Å². The first-order valence-corrected chi connectivity index (χ1v) is 4.02. The van der Waals surface area contributed by atoms with Crippen LogP contribution in [0.5, 0.6) is 0 Å². The summed E-state index contributed by atoms with van der Waals surface area (Å²) in [6.45, 7) is 2.57. The van der Waals surface area contributed by atoms with Crippen molar-refractivity contribution in [3.05, 3.63) is 0 Å². The molecule has 1 aliphatic heterocycles. The molecule has 1 fully saturated rings. The lowest BCUT2D eigenvalue weighted by atomic mass is 10.0. The number of nitrogens with two attached hydrogens (primary N) is 2. The number of rotatable bonds is 2. The molecular weight excluding hydrogens is 232 g/mol. The first kappa shape index (κ1) is 19.3. The van der Waals surface area contributed by atoms with E-state index in [4.69, 9.17) is 11.5 Å². The van der Waals surface area contributed by atoms with Gasteiger partial charge in [-0.3, -0.25) is 4.90 Å². The van der Waals surface area contributed by atoms with E-state index in [1.165, 1.54) is 19.3 Å². The molecule has 3 nitrogen and oxygen atoms in total. The monoisotopic (exact) mass is 251 g/mol. The summed E-state index contributed by atoms with van der Waals surface area (Å²) in [5.74, 6) is 0. The van der Waals surface area contributed by atoms with Crippen LogP contribution in [0.2, 0.25) is 0 Å². The second kappa shape index (κ2) is 10.8. The number of likely N-dealkylation sites (tertiary alicyclic amines) is 1. The lowest BCUT2D eigenvalue weighted by molar-refractivity contribution is 0.157. The van der Waals surface area contributed by atoms with Crippen LogP contribution in [0.4, 0.5) is 0 Å². The average molecular weight is 253 g/mol. The highest BCUT2D eigenvalue weighted by Gasteiger charge is 2.18. The lowest BCUT2D eigenvalue weighted by Gasteiger charge is -2.33. The molecule has 4 N–H and O–H groups in total. The zero-order chi connectivity index (χ0) is 7.40. The molecule has 1 unspecified atom stereocenters. The summed E-state index contributed by atoms with van der Waals surface area (Å²) in [5.41, 5.74) is 11.1. The molecule has 1 rings (SSSR count). The Kier molecular flexibility index (Phi) is 16.1. The third kappa shape index (κ3) is 5.94. The van der Waals surface area contributed by atoms with Crippen LogP contribution in [0.1, 0.15) is 19.3 Å². The summed E-state index contributed by atoms with van der Waals surface area (Å²) >= 11 is 0. The molecule has 0 amide bonds. The van der Waals surface area contributed by atoms with Crippen LogP contribution < -0.4 is 11.5 Å². The zero-order valence-corrected chi connectivity index (χ0v) is 10.1. The van der Waals surface area contributed by atoms with Gasteiger partial charge in [0.25, 0.3) is 0 Å². The molecule has 84 valence electrons. The first-order chi connectivity index (χ1) is 4.88. The van der Waals surface area contributed by atoms with Crippen molar-refractivity contribution in [1.29, 1.82) is 0 Å². The highest BCUT2D eigenvalue weighted by molar-refractivity contribution is 5.86. The zero-order valence-electron chi connectivity index (χ0n) is 7.65. The summed E-state index contributed by atoms with van der Waals surface area (Å²) in [7, 11) is 0. The van der Waals surface area contributed by atoms with Crippen LogP contribution in [-0.2, 0) is 0 Å². The van der Waals surface area contributed by atoms with Crippen molar-refractivity contribution < 1.29 is 0 Å². The van der Waals surface area contributed by atoms with E-state index in [1.807, 2.05) is 0 Å². The van der Waals surface area contributed by atoms with Crippen LogP contribution in [0.25, 0.3) is 0 Å². The van der Waals surface area contributed by atoms with Crippen molar-refractivity contribution in [2.45, 2.75) is 25.3 Å². The maximum absolute atomic E-state index is 5.57. The van der Waals surface area contributed by atoms with E-state index in [9.17, 15) is 0 Å². The fraction of sp³-hybridized carbons (Fsp3) is 1.00. The van der Waals surface area contributed by atoms with Gasteiger partial charge in [-0.1, -0.05) is 6.42 Å². The van der Waals surface area contributed by atoms with Gasteiger partial charge < -0.3 is 11.5 Å². The van der Waals surface area contributed by atoms with Crippen molar-refractivity contribution in [2.24, 2.45) is 11.5 Å². The average Bonchev–Trinajstić information content (AvgIpc) is 2.04. The van der Waals surface area contributed by atoms with Gasteiger partial charge in [-0.25, -0.2) is 0 Å². The molecule has 0 bridgehead atoms. The molecule has 13 heavy (non-hydrogen) atoms. The highest BCUT2D eigenvalue weighted by Crippen LogP contribution is 2.13. The molecule has 0 aliphatic carbocycles. The van der Waals surface area contributed by atoms with Crippen LogP contribution in [0, 0.1) is 0 Å². The molecule has 6 heteroatoms. The SMILES string of the molecule is Cl.Cl.Cl.NCC1CCCCN1CN. The Morgan fingerprint density at radius 2 is 1.69 bits per heavy atom. The molecular formula is C7H20Cl3N3. The second-order valence-electron chi connectivity index (χ2n) is 2.88. The summed E-state index contributed by atoms with van der Waals surface area (Å²) in [6, 6.07) is 0.554. The summed E-state index contributed by atoms with van der Waals surface area (Å²) < 4.78 is 0. The molecule has 0 aromatic carbocycles. The Hall–Kier alpha value is 0.750. The second-order valence-corrected chi connectivity index (χ2v) is 2.88. The van der Waals surface area contributed by atoms with Gasteiger partial charge in [-0.15, -0.1) is 37.2 Å². The molecule has 1 heterocycles. The largest absolute Gasteiger partial charge is 0.329 e. The van der Waals surface area contributed by atoms with Gasteiger partial charge in [0.15, 0.2) is 0 Å². The van der Waals surface area contributed by atoms with Crippen molar-refractivity contribution in [3.8, 4) is 0 Å². The first-order valence-electron chi connectivity index (χ1n) is 4.02. The van der Waals surface area contributed by atoms with E-state index in [-0.39, 0.29) is 37.2 Å². The van der Waals surface area contributed by atoms with Crippen molar-refractivity contribution >= 4 is 37.2 Å². The van der Waals surface area contributed by atoms with E-state index >= 15 is 0 Å². The van der Waals surface area contributed by atoms with Gasteiger partial charge in [-0.05, 0) is 19.4 Å². The number of hydrogen-bond acceptors (Lipinski definition) is 3. The van der Waals surface area contributed by atoms with E-state index in [0.29, 0.717) is 12.7 Å². The fourth-order valence-corrected chi connectivity index (χ4v) is 1.57. The molecule has 1 saturated heterocycles. The van der Waals surface area contributed by atoms with Crippen LogP contribution in [0.15, 0.2) is 0 Å². The minimum atomic E-state index is 0. The molecule has 1 aliphatic rings. The van der Waals surface area contributed by atoms with Gasteiger partial charge >= 0.3 is 0 Å². The maximum atomic E-state index is 5.57. The van der Waals surface area contributed by atoms with Crippen molar-refractivity contribution in [2.75, 3.05) is 19.8 Å². The smallest absolute Gasteiger partial charge is 0.0458 e. The van der Waals surface area contributed by atoms with Gasteiger partial charge in [0, 0.05) is 19.3 Å². The Morgan fingerprint density at radius 1 is 1.08 bits per heavy atom. The van der Waals surface area contributed by atoms with Gasteiger partial charge in [0.2, 0.25) is 0 Å². The molecule has 0 saturated carbocycles. The number of hydrogen-bond donors (Lipinski definition) is 2. The maximum Gasteiger partial charge on any atom is 0.0458 e. The molecule has 0 spiro atoms. The minimum Gasteiger partial charge on any atom is -0.329 e. The number of nitrogens with zero attached hydrogens (tertiary/aromatic N) is 1. The Bertz CT molecular complexity index is 93.0. The topological polar surface area (TPSA) is 55.3 Å². The van der Waals surface area contributed by atoms with Crippen LogP contribution in [-0.4, -0.2) is 30.7 Å². The van der Waals surface area contributed by atoms with E-state index in [1.54, 1.807) is 0 Å². The van der Waals surface area contributed by atoms with Crippen LogP contribution in [0.3, 0.4) is 0 Å². The quantitative estimate of drug-likeness (QED) is 0.770. The standard InChI is InChI=1S/C7H17N3.3ClH/c8-5-7-3-1-2-4-10(7)6-9;;;/h7H,1-6,8-9H2;3*1H. The van der Waals surface area contributed by atoms with Crippen LogP contribution >= 0.6 is 37.2 Å². The van der Waals surface area contributed by atoms with E-state index in [2.05, 4.69) is 4.90 Å². The third-order valence-corrected chi connectivity index (χ3v) is 2.26. The third-order valence-electron chi connectivity index (χ3n) is 2.26. The predicted molar refractivity (Wildman–Crippen MR) is 64.2 cm³/mol. The van der Waals surface area contributed by atoms with Crippen molar-refractivity contribution in [1.82, 2.24) is 4.90 Å². The molecule has 0 aromatic heterocycles. The molecule has 1 atom stereocenters. The summed E-state index contributed by atoms with van der Waals surface area (Å²) in [5, 5.41) is 0. The molecule has 0 aromatic rings. The number of piperidine rings is 1. The highest BCUT2D eigenvalue weighted by atomic mass is 35.5. The normalized spacial score (nSPS) is 22.2. The Morgan fingerprint density at radius 3 is 2.08 bits per heavy atom. The Labute approximate surface area is 98.8 Å². The van der Waals surface area contributed by atoms with Gasteiger partial charge in [0.1, 0.15) is 0 Å². The Balaban J connectivity index is -0.000000333.